The molecule has 0 N–H and O–H groups in total. The molecule has 4 nitrogen and oxygen atoms in total. The minimum absolute atomic E-state index is 0.0811. The molecule has 4 heteroatoms. The van der Waals surface area contributed by atoms with Crippen molar-refractivity contribution in [1.82, 2.24) is 4.98 Å². The van der Waals surface area contributed by atoms with E-state index < -0.39 is 5.92 Å². The van der Waals surface area contributed by atoms with E-state index in [4.69, 9.17) is 0 Å². The van der Waals surface area contributed by atoms with Crippen molar-refractivity contribution >= 4 is 17.3 Å². The molecule has 1 unspecified atom stereocenters. The summed E-state index contributed by atoms with van der Waals surface area (Å²) in [4.78, 5) is 43.8. The highest BCUT2D eigenvalue weighted by Gasteiger charge is 2.44. The molecule has 3 aliphatic rings. The fourth-order valence-corrected chi connectivity index (χ4v) is 4.60. The number of aromatic nitrogens is 1. The van der Waals surface area contributed by atoms with E-state index in [1.54, 1.807) is 30.5 Å². The molecular weight excluding hydrogens is 338 g/mol. The fraction of sp³-hybridized carbons (Fsp3) is 0.217. The van der Waals surface area contributed by atoms with Crippen molar-refractivity contribution in [3.63, 3.8) is 0 Å². The number of pyridine rings is 1. The Balaban J connectivity index is 1.77. The monoisotopic (exact) mass is 355 g/mol. The minimum Gasteiger partial charge on any atom is -0.295 e. The van der Waals surface area contributed by atoms with Crippen LogP contribution in [0.5, 0.6) is 0 Å². The van der Waals surface area contributed by atoms with E-state index in [-0.39, 0.29) is 17.3 Å². The molecule has 1 heterocycles. The lowest BCUT2D eigenvalue weighted by molar-refractivity contribution is -0.116. The van der Waals surface area contributed by atoms with Gasteiger partial charge in [-0.1, -0.05) is 35.9 Å². The molecule has 0 saturated heterocycles. The van der Waals surface area contributed by atoms with Gasteiger partial charge in [-0.25, -0.2) is 0 Å². The third kappa shape index (κ3) is 2.29. The van der Waals surface area contributed by atoms with Gasteiger partial charge in [0, 0.05) is 40.5 Å². The Hall–Kier alpha value is -3.14. The number of Topliss-reactive ketones (excluding diaryl/α,β-unsaturated/α-hetero) is 3. The number of ketones is 3. The number of hydrogen-bond donors (Lipinski definition) is 0. The number of allylic oxidation sites excluding steroid dienone is 4. The van der Waals surface area contributed by atoms with Crippen molar-refractivity contribution in [1.29, 1.82) is 0 Å². The van der Waals surface area contributed by atoms with Gasteiger partial charge in [-0.2, -0.15) is 0 Å². The Labute approximate surface area is 156 Å². The number of rotatable bonds is 1. The molecule has 0 spiro atoms. The Kier molecular flexibility index (Phi) is 3.54. The highest BCUT2D eigenvalue weighted by atomic mass is 16.1. The van der Waals surface area contributed by atoms with Crippen LogP contribution in [-0.2, 0) is 4.79 Å². The van der Waals surface area contributed by atoms with Crippen molar-refractivity contribution in [3.8, 4) is 0 Å². The Morgan fingerprint density at radius 2 is 1.56 bits per heavy atom. The standard InChI is InChI=1S/C23H17NO3/c25-18-10-5-6-13-12-16-20(21(19(13)18)17-9-3-4-11-24-17)23(27)15-8-2-1-7-14(15)22(16)26/h1-4,7-9,11,21H,5-6,10,12H2. The molecule has 132 valence electrons. The second-order valence-electron chi connectivity index (χ2n) is 7.25. The predicted octanol–water partition coefficient (Wildman–Crippen LogP) is 3.99. The summed E-state index contributed by atoms with van der Waals surface area (Å²) in [6.07, 6.45) is 4.15. The highest BCUT2D eigenvalue weighted by molar-refractivity contribution is 6.28. The number of carbonyl (C=O) groups is 3. The molecule has 3 aliphatic carbocycles. The maximum atomic E-state index is 13.4. The first kappa shape index (κ1) is 16.1. The first-order valence-corrected chi connectivity index (χ1v) is 9.24. The first-order valence-electron chi connectivity index (χ1n) is 9.24. The molecule has 0 saturated carbocycles. The topological polar surface area (TPSA) is 64.1 Å². The zero-order valence-corrected chi connectivity index (χ0v) is 14.7. The summed E-state index contributed by atoms with van der Waals surface area (Å²) in [5.74, 6) is -0.702. The first-order chi connectivity index (χ1) is 13.2. The van der Waals surface area contributed by atoms with E-state index in [0.717, 1.165) is 18.4 Å². The van der Waals surface area contributed by atoms with Gasteiger partial charge >= 0.3 is 0 Å². The summed E-state index contributed by atoms with van der Waals surface area (Å²) in [6.45, 7) is 0. The second-order valence-corrected chi connectivity index (χ2v) is 7.25. The third-order valence-corrected chi connectivity index (χ3v) is 5.77. The lowest BCUT2D eigenvalue weighted by Crippen LogP contribution is -2.33. The molecule has 0 amide bonds. The smallest absolute Gasteiger partial charge is 0.191 e. The molecule has 0 bridgehead atoms. The summed E-state index contributed by atoms with van der Waals surface area (Å²) >= 11 is 0. The molecule has 27 heavy (non-hydrogen) atoms. The van der Waals surface area contributed by atoms with Gasteiger partial charge in [0.25, 0.3) is 0 Å². The second kappa shape index (κ2) is 5.95. The van der Waals surface area contributed by atoms with E-state index in [9.17, 15) is 14.4 Å². The van der Waals surface area contributed by atoms with Gasteiger partial charge in [0.2, 0.25) is 0 Å². The number of fused-ring (bicyclic) bond motifs is 1. The van der Waals surface area contributed by atoms with Crippen LogP contribution in [0.15, 0.2) is 71.0 Å². The van der Waals surface area contributed by atoms with Gasteiger partial charge in [-0.3, -0.25) is 19.4 Å². The average Bonchev–Trinajstić information content (AvgIpc) is 2.71. The van der Waals surface area contributed by atoms with Crippen LogP contribution in [0.25, 0.3) is 0 Å². The Morgan fingerprint density at radius 1 is 0.815 bits per heavy atom. The van der Waals surface area contributed by atoms with Crippen LogP contribution in [0.2, 0.25) is 0 Å². The van der Waals surface area contributed by atoms with E-state index in [0.29, 0.717) is 46.4 Å². The lowest BCUT2D eigenvalue weighted by Gasteiger charge is -2.35. The SMILES string of the molecule is O=C1CCCC2=C1C(c1ccccn1)C1=C(C2)C(=O)c2ccccc2C1=O. The van der Waals surface area contributed by atoms with Crippen LogP contribution in [-0.4, -0.2) is 22.3 Å². The predicted molar refractivity (Wildman–Crippen MR) is 99.6 cm³/mol. The van der Waals surface area contributed by atoms with Crippen molar-refractivity contribution in [3.05, 3.63) is 87.8 Å². The average molecular weight is 355 g/mol. The molecule has 2 aromatic rings. The Bertz CT molecular complexity index is 1080. The summed E-state index contributed by atoms with van der Waals surface area (Å²) in [5, 5.41) is 0. The molecule has 5 rings (SSSR count). The van der Waals surface area contributed by atoms with Gasteiger partial charge in [0.15, 0.2) is 17.3 Å². The van der Waals surface area contributed by atoms with Gasteiger partial charge in [-0.05, 0) is 31.4 Å². The van der Waals surface area contributed by atoms with Crippen LogP contribution in [0.4, 0.5) is 0 Å². The molecule has 1 aromatic carbocycles. The van der Waals surface area contributed by atoms with E-state index in [2.05, 4.69) is 4.98 Å². The van der Waals surface area contributed by atoms with Crippen LogP contribution in [0.1, 0.15) is 58.0 Å². The maximum absolute atomic E-state index is 13.4. The molecular formula is C23H17NO3. The van der Waals surface area contributed by atoms with E-state index >= 15 is 0 Å². The van der Waals surface area contributed by atoms with Gasteiger partial charge in [0.05, 0.1) is 11.6 Å². The van der Waals surface area contributed by atoms with Crippen LogP contribution in [0.3, 0.4) is 0 Å². The van der Waals surface area contributed by atoms with Crippen LogP contribution >= 0.6 is 0 Å². The minimum atomic E-state index is -0.539. The van der Waals surface area contributed by atoms with Crippen molar-refractivity contribution in [2.24, 2.45) is 0 Å². The molecule has 0 radical (unpaired) electrons. The maximum Gasteiger partial charge on any atom is 0.191 e. The highest BCUT2D eigenvalue weighted by Crippen LogP contribution is 2.48. The number of benzene rings is 1. The number of hydrogen-bond acceptors (Lipinski definition) is 4. The molecule has 1 atom stereocenters. The Morgan fingerprint density at radius 3 is 2.30 bits per heavy atom. The fourth-order valence-electron chi connectivity index (χ4n) is 4.60. The summed E-state index contributed by atoms with van der Waals surface area (Å²) < 4.78 is 0. The number of carbonyl (C=O) groups excluding carboxylic acids is 3. The van der Waals surface area contributed by atoms with Gasteiger partial charge < -0.3 is 0 Å². The third-order valence-electron chi connectivity index (χ3n) is 5.77. The van der Waals surface area contributed by atoms with Gasteiger partial charge in [0.1, 0.15) is 0 Å². The quantitative estimate of drug-likeness (QED) is 0.776. The molecule has 0 aliphatic heterocycles. The molecule has 0 fully saturated rings. The van der Waals surface area contributed by atoms with Gasteiger partial charge in [-0.15, -0.1) is 0 Å². The largest absolute Gasteiger partial charge is 0.295 e. The van der Waals surface area contributed by atoms with E-state index in [1.165, 1.54) is 0 Å². The number of nitrogens with zero attached hydrogens (tertiary/aromatic N) is 1. The van der Waals surface area contributed by atoms with Crippen molar-refractivity contribution in [2.45, 2.75) is 31.6 Å². The van der Waals surface area contributed by atoms with Crippen molar-refractivity contribution < 1.29 is 14.4 Å². The normalized spacial score (nSPS) is 21.8. The zero-order valence-electron chi connectivity index (χ0n) is 14.7. The summed E-state index contributed by atoms with van der Waals surface area (Å²) in [5.41, 5.74) is 4.24. The van der Waals surface area contributed by atoms with Crippen LogP contribution < -0.4 is 0 Å². The lowest BCUT2D eigenvalue weighted by atomic mass is 9.66. The van der Waals surface area contributed by atoms with Crippen LogP contribution in [0, 0.1) is 0 Å². The summed E-state index contributed by atoms with van der Waals surface area (Å²) in [6, 6.07) is 12.5. The summed E-state index contributed by atoms with van der Waals surface area (Å²) in [7, 11) is 0. The zero-order chi connectivity index (χ0) is 18.5. The van der Waals surface area contributed by atoms with E-state index in [1.807, 2.05) is 18.2 Å². The van der Waals surface area contributed by atoms with Crippen molar-refractivity contribution in [2.75, 3.05) is 0 Å². The molecule has 1 aromatic heterocycles.